The molecule has 668 valence electrons. The Kier molecular flexibility index (Phi) is 18.4. The van der Waals surface area contributed by atoms with Crippen LogP contribution < -0.4 is 62.2 Å². The smallest absolute Gasteiger partial charge is 0.182 e. The van der Waals surface area contributed by atoms with E-state index < -0.39 is 24.2 Å². The fourth-order valence-electron chi connectivity index (χ4n) is 26.2. The molecule has 0 atom stereocenters. The summed E-state index contributed by atoms with van der Waals surface area (Å²) in [4.78, 5) is 32.0. The molecule has 3 aromatic heterocycles. The molecule has 9 aliphatic rings. The molecule has 0 amide bonds. The second kappa shape index (κ2) is 32.2. The summed E-state index contributed by atoms with van der Waals surface area (Å²) in [5.74, 6) is 2.33. The molecule has 9 heteroatoms. The summed E-state index contributed by atoms with van der Waals surface area (Å²) >= 11 is 0. The molecule has 6 aliphatic heterocycles. The summed E-state index contributed by atoms with van der Waals surface area (Å²) < 4.78 is 0. The van der Waals surface area contributed by atoms with Crippen molar-refractivity contribution in [3.63, 3.8) is 0 Å². The molecule has 0 unspecified atom stereocenters. The molecule has 32 rings (SSSR count). The first kappa shape index (κ1) is 82.2. The Balaban J connectivity index is 0.000000101. The molecule has 144 heavy (non-hydrogen) atoms. The molecular formula is C135H86N6Si3. The summed E-state index contributed by atoms with van der Waals surface area (Å²) in [5.41, 5.74) is 45.2. The number of nitrogens with zero attached hydrogens (tertiary/aromatic N) is 6. The van der Waals surface area contributed by atoms with Gasteiger partial charge in [0.25, 0.3) is 0 Å². The Bertz CT molecular complexity index is 9250. The van der Waals surface area contributed by atoms with Gasteiger partial charge in [0.15, 0.2) is 41.7 Å². The molecule has 0 fully saturated rings. The van der Waals surface area contributed by atoms with Crippen molar-refractivity contribution >= 4 is 86.5 Å². The average molecular weight is 1880 g/mol. The lowest BCUT2D eigenvalue weighted by atomic mass is 9.97. The summed E-state index contributed by atoms with van der Waals surface area (Å²) in [6, 6.07) is 179. The van der Waals surface area contributed by atoms with E-state index in [1.165, 1.54) is 201 Å². The number of hydrogen-bond donors (Lipinski definition) is 0. The first-order valence-electron chi connectivity index (χ1n) is 50.1. The lowest BCUT2D eigenvalue weighted by molar-refractivity contribution is 1.13. The van der Waals surface area contributed by atoms with Crippen LogP contribution in [0.25, 0.3) is 191 Å². The van der Waals surface area contributed by atoms with Crippen molar-refractivity contribution in [2.45, 2.75) is 19.3 Å². The molecule has 3 spiro atoms. The average Bonchev–Trinajstić information content (AvgIpc) is 1.51. The van der Waals surface area contributed by atoms with Gasteiger partial charge in [-0.05, 0) is 198 Å². The highest BCUT2D eigenvalue weighted by Gasteiger charge is 2.58. The van der Waals surface area contributed by atoms with Crippen molar-refractivity contribution in [1.82, 2.24) is 29.9 Å². The van der Waals surface area contributed by atoms with Gasteiger partial charge in [-0.1, -0.05) is 455 Å². The Labute approximate surface area is 838 Å². The van der Waals surface area contributed by atoms with Crippen LogP contribution in [0.3, 0.4) is 0 Å². The Morgan fingerprint density at radius 1 is 0.125 bits per heavy atom. The maximum atomic E-state index is 5.39. The zero-order valence-corrected chi connectivity index (χ0v) is 81.5. The maximum absolute atomic E-state index is 5.39. The predicted octanol–water partition coefficient (Wildman–Crippen LogP) is 23.5. The Morgan fingerprint density at radius 2 is 0.326 bits per heavy atom. The third-order valence-electron chi connectivity index (χ3n) is 32.2. The molecule has 0 saturated heterocycles. The summed E-state index contributed by atoms with van der Waals surface area (Å²) in [6.07, 6.45) is 2.53. The highest BCUT2D eigenvalue weighted by atomic mass is 28.3. The molecule has 9 heterocycles. The van der Waals surface area contributed by atoms with Crippen LogP contribution in [-0.2, 0) is 19.3 Å². The molecule has 23 aromatic rings. The van der Waals surface area contributed by atoms with Crippen molar-refractivity contribution < 1.29 is 0 Å². The third-order valence-corrected chi connectivity index (χ3v) is 47.2. The fourth-order valence-corrected chi connectivity index (χ4v) is 43.0. The van der Waals surface area contributed by atoms with Crippen LogP contribution in [0.2, 0.25) is 0 Å². The van der Waals surface area contributed by atoms with Gasteiger partial charge < -0.3 is 0 Å². The van der Waals surface area contributed by atoms with E-state index >= 15 is 0 Å². The van der Waals surface area contributed by atoms with Crippen molar-refractivity contribution in [1.29, 1.82) is 0 Å². The standard InChI is InChI=1S/2C47H30N2Si.C41H26N2Si/c1-3-13-30(14-4-1)32-23-24-33-28-40-45(48-47(31-15-5-2-6-16-31)49-46(40)38(33)27-32)34-25-26-44-39(29-34)37-19-9-12-22-43(37)50(44)41-20-10-7-17-35(41)36-18-8-11-21-42(36)50;1-3-13-30(14-4-1)32-23-25-43-38(27-32)39-29-34(24-26-44(39)50(43)41-21-11-9-19-36(41)37-20-10-12-22-42(37)50)47-48-45(31-15-5-2-6-16-31)40-28-33-17-7-8-18-35(33)46(40)49-47;1-2-12-26(13-3-1)39-34-24-27-14-4-5-15-29(27)40(34)43-41(42-39)28-22-23-38-33(25-28)32-18-8-11-21-37(32)44(38)35-19-9-6-16-30(35)31-17-7-10-20-36(31)44/h2*1-27,29H,28H2;1-23,25H,24H2. The van der Waals surface area contributed by atoms with E-state index in [1.54, 1.807) is 0 Å². The van der Waals surface area contributed by atoms with E-state index in [-0.39, 0.29) is 0 Å². The lowest BCUT2D eigenvalue weighted by Crippen LogP contribution is -2.70. The predicted molar refractivity (Wildman–Crippen MR) is 599 cm³/mol. The zero-order chi connectivity index (χ0) is 94.5. The van der Waals surface area contributed by atoms with Crippen LogP contribution in [-0.4, -0.2) is 54.1 Å². The normalized spacial score (nSPS) is 13.8. The first-order chi connectivity index (χ1) is 71.4. The van der Waals surface area contributed by atoms with Gasteiger partial charge in [-0.15, -0.1) is 0 Å². The van der Waals surface area contributed by atoms with Crippen LogP contribution >= 0.6 is 0 Å². The third kappa shape index (κ3) is 12.0. The molecule has 3 aliphatic carbocycles. The molecule has 0 bridgehead atoms. The van der Waals surface area contributed by atoms with Crippen LogP contribution in [0.4, 0.5) is 0 Å². The minimum Gasteiger partial charge on any atom is -0.228 e. The van der Waals surface area contributed by atoms with E-state index in [0.717, 1.165) is 104 Å². The SMILES string of the molecule is c1ccc(-c2ccc3c(c2)-c2cc(-c4nc(-c5ccccc5)c5c(n4)-c4ccccc4C5)ccc2[Si]32c3ccccc3-c3ccccc32)cc1.c1ccc(-c2ccc3c(c2)-c2nc(-c4ccccc4)nc(-c4ccc5c(c4)-c4ccccc4[Si]54c5ccccc5-c5ccccc54)c2C3)cc1.c1ccc(-c2nc(-c3ccc4c(c3)-c3ccccc3[Si]43c4ccccc4-c4ccccc43)nc3c2Cc2ccccc2-3)cc1. The fraction of sp³-hybridized carbons (Fsp3) is 0.0222. The maximum Gasteiger partial charge on any atom is 0.182 e. The van der Waals surface area contributed by atoms with Gasteiger partial charge in [0.05, 0.1) is 34.2 Å². The van der Waals surface area contributed by atoms with Gasteiger partial charge in [0.1, 0.15) is 0 Å². The number of hydrogen-bond acceptors (Lipinski definition) is 6. The van der Waals surface area contributed by atoms with Crippen molar-refractivity contribution in [2.24, 2.45) is 0 Å². The second-order valence-corrected chi connectivity index (χ2v) is 50.3. The highest BCUT2D eigenvalue weighted by molar-refractivity contribution is 7.26. The lowest BCUT2D eigenvalue weighted by Gasteiger charge is -2.27. The van der Waals surface area contributed by atoms with Crippen LogP contribution in [0.5, 0.6) is 0 Å². The van der Waals surface area contributed by atoms with Gasteiger partial charge in [-0.25, -0.2) is 29.9 Å². The topological polar surface area (TPSA) is 77.3 Å². The van der Waals surface area contributed by atoms with Crippen molar-refractivity contribution in [3.8, 4) is 191 Å². The van der Waals surface area contributed by atoms with Crippen LogP contribution in [0, 0.1) is 0 Å². The number of fused-ring (bicyclic) bond motifs is 39. The van der Waals surface area contributed by atoms with Gasteiger partial charge in [-0.2, -0.15) is 0 Å². The summed E-state index contributed by atoms with van der Waals surface area (Å²) in [6.45, 7) is 0. The van der Waals surface area contributed by atoms with E-state index in [9.17, 15) is 0 Å². The van der Waals surface area contributed by atoms with Gasteiger partial charge in [-0.3, -0.25) is 0 Å². The molecule has 20 aromatic carbocycles. The van der Waals surface area contributed by atoms with E-state index in [1.807, 2.05) is 0 Å². The highest BCUT2D eigenvalue weighted by Crippen LogP contribution is 2.50. The molecule has 0 saturated carbocycles. The largest absolute Gasteiger partial charge is 0.228 e. The number of rotatable bonds is 8. The number of benzene rings is 20. The van der Waals surface area contributed by atoms with Gasteiger partial charge in [0, 0.05) is 86.0 Å². The van der Waals surface area contributed by atoms with Crippen molar-refractivity contribution in [3.05, 3.63) is 519 Å². The molecule has 0 radical (unpaired) electrons. The van der Waals surface area contributed by atoms with E-state index in [4.69, 9.17) is 29.9 Å². The Hall–Kier alpha value is -17.7. The molecule has 0 N–H and O–H groups in total. The Morgan fingerprint density at radius 3 is 0.667 bits per heavy atom. The molecular weight excluding hydrogens is 1790 g/mol. The monoisotopic (exact) mass is 1870 g/mol. The molecule has 6 nitrogen and oxygen atoms in total. The zero-order valence-electron chi connectivity index (χ0n) is 78.5. The van der Waals surface area contributed by atoms with Crippen LogP contribution in [0.15, 0.2) is 485 Å². The summed E-state index contributed by atoms with van der Waals surface area (Å²) in [5, 5.41) is 17.8. The minimum atomic E-state index is -2.57. The van der Waals surface area contributed by atoms with E-state index in [2.05, 4.69) is 485 Å². The second-order valence-electron chi connectivity index (χ2n) is 39.4. The summed E-state index contributed by atoms with van der Waals surface area (Å²) in [7, 11) is -7.50. The van der Waals surface area contributed by atoms with Gasteiger partial charge >= 0.3 is 0 Å². The van der Waals surface area contributed by atoms with Crippen LogP contribution in [0.1, 0.15) is 33.4 Å². The minimum absolute atomic E-state index is 0.766. The van der Waals surface area contributed by atoms with E-state index in [0.29, 0.717) is 0 Å². The first-order valence-corrected chi connectivity index (χ1v) is 56.1. The quantitative estimate of drug-likeness (QED) is 0.141. The van der Waals surface area contributed by atoms with Crippen molar-refractivity contribution in [2.75, 3.05) is 0 Å². The number of aromatic nitrogens is 6. The van der Waals surface area contributed by atoms with Gasteiger partial charge in [0.2, 0.25) is 0 Å².